The van der Waals surface area contributed by atoms with Crippen LogP contribution in [0.5, 0.6) is 0 Å². The lowest BCUT2D eigenvalue weighted by Gasteiger charge is -2.27. The number of amides is 2. The molecule has 2 amide bonds. The van der Waals surface area contributed by atoms with Crippen molar-refractivity contribution >= 4 is 28.2 Å². The molecule has 1 aliphatic heterocycles. The number of pyridine rings is 1. The summed E-state index contributed by atoms with van der Waals surface area (Å²) in [6.07, 6.45) is 9.86. The van der Waals surface area contributed by atoms with E-state index < -0.39 is 0 Å². The van der Waals surface area contributed by atoms with Gasteiger partial charge in [0.05, 0.1) is 11.5 Å². The second-order valence-corrected chi connectivity index (χ2v) is 8.81. The molecule has 0 spiro atoms. The summed E-state index contributed by atoms with van der Waals surface area (Å²) >= 11 is 1.53. The average molecular weight is 451 g/mol. The number of aromatic nitrogens is 1. The molecule has 0 saturated heterocycles. The van der Waals surface area contributed by atoms with E-state index in [0.717, 1.165) is 33.1 Å². The van der Waals surface area contributed by atoms with Gasteiger partial charge < -0.3 is 16.0 Å². The van der Waals surface area contributed by atoms with Crippen molar-refractivity contribution in [3.05, 3.63) is 83.1 Å². The number of nitrogens with zero attached hydrogens (tertiary/aromatic N) is 2. The molecule has 0 unspecified atom stereocenters. The Morgan fingerprint density at radius 1 is 1.28 bits per heavy atom. The molecule has 168 valence electrons. The van der Waals surface area contributed by atoms with Crippen molar-refractivity contribution in [3.8, 4) is 0 Å². The SMILES string of the molecule is C=C/C=C\C(=C)CCC(=O)Nc1sc2c(c1CN)CCN(C(=O)CCc1ccccn1)C2. The molecule has 0 aliphatic carbocycles. The van der Waals surface area contributed by atoms with Crippen molar-refractivity contribution in [2.75, 3.05) is 11.9 Å². The molecule has 0 fully saturated rings. The van der Waals surface area contributed by atoms with Gasteiger partial charge in [-0.25, -0.2) is 0 Å². The number of aryl methyl sites for hydroxylation is 1. The molecule has 0 bridgehead atoms. The summed E-state index contributed by atoms with van der Waals surface area (Å²) in [7, 11) is 0. The zero-order chi connectivity index (χ0) is 22.9. The minimum atomic E-state index is -0.0604. The first-order chi connectivity index (χ1) is 15.5. The number of allylic oxidation sites excluding steroid dienone is 4. The van der Waals surface area contributed by atoms with E-state index in [1.165, 1.54) is 16.9 Å². The summed E-state index contributed by atoms with van der Waals surface area (Å²) in [5, 5.41) is 3.83. The summed E-state index contributed by atoms with van der Waals surface area (Å²) in [5.74, 6) is 0.0652. The molecule has 0 saturated carbocycles. The third-order valence-corrected chi connectivity index (χ3v) is 6.61. The van der Waals surface area contributed by atoms with Crippen LogP contribution in [0.4, 0.5) is 5.00 Å². The minimum Gasteiger partial charge on any atom is -0.337 e. The van der Waals surface area contributed by atoms with Gasteiger partial charge in [0.1, 0.15) is 0 Å². The Kier molecular flexibility index (Phi) is 8.53. The van der Waals surface area contributed by atoms with E-state index in [1.54, 1.807) is 12.3 Å². The predicted octanol–water partition coefficient (Wildman–Crippen LogP) is 4.14. The fraction of sp³-hybridized carbons (Fsp3) is 0.320. The number of nitrogens with two attached hydrogens (primary N) is 1. The normalized spacial score (nSPS) is 13.1. The van der Waals surface area contributed by atoms with Crippen LogP contribution in [-0.2, 0) is 35.5 Å². The molecule has 3 N–H and O–H groups in total. The van der Waals surface area contributed by atoms with Crippen LogP contribution in [0.1, 0.15) is 41.0 Å². The largest absolute Gasteiger partial charge is 0.337 e. The lowest BCUT2D eigenvalue weighted by Crippen LogP contribution is -2.35. The fourth-order valence-corrected chi connectivity index (χ4v) is 5.00. The van der Waals surface area contributed by atoms with Crippen LogP contribution in [-0.4, -0.2) is 28.2 Å². The van der Waals surface area contributed by atoms with Crippen LogP contribution < -0.4 is 11.1 Å². The molecule has 0 aromatic carbocycles. The zero-order valence-electron chi connectivity index (χ0n) is 18.3. The Morgan fingerprint density at radius 2 is 2.12 bits per heavy atom. The summed E-state index contributed by atoms with van der Waals surface area (Å²) in [6.45, 7) is 9.17. The Morgan fingerprint density at radius 3 is 2.84 bits per heavy atom. The summed E-state index contributed by atoms with van der Waals surface area (Å²) in [6, 6.07) is 5.74. The van der Waals surface area contributed by atoms with Crippen molar-refractivity contribution in [3.63, 3.8) is 0 Å². The van der Waals surface area contributed by atoms with E-state index in [4.69, 9.17) is 5.73 Å². The van der Waals surface area contributed by atoms with Gasteiger partial charge >= 0.3 is 0 Å². The summed E-state index contributed by atoms with van der Waals surface area (Å²) < 4.78 is 0. The van der Waals surface area contributed by atoms with E-state index in [1.807, 2.05) is 35.3 Å². The first-order valence-corrected chi connectivity index (χ1v) is 11.6. The number of hydrogen-bond acceptors (Lipinski definition) is 5. The maximum absolute atomic E-state index is 12.7. The molecule has 0 atom stereocenters. The highest BCUT2D eigenvalue weighted by Crippen LogP contribution is 2.37. The number of anilines is 1. The number of hydrogen-bond donors (Lipinski definition) is 2. The maximum atomic E-state index is 12.7. The fourth-order valence-electron chi connectivity index (χ4n) is 3.69. The molecular weight excluding hydrogens is 420 g/mol. The number of carbonyl (C=O) groups excluding carboxylic acids is 2. The van der Waals surface area contributed by atoms with Crippen molar-refractivity contribution in [2.24, 2.45) is 5.73 Å². The smallest absolute Gasteiger partial charge is 0.225 e. The van der Waals surface area contributed by atoms with Gasteiger partial charge in [0.25, 0.3) is 0 Å². The number of carbonyl (C=O) groups is 2. The van der Waals surface area contributed by atoms with Gasteiger partial charge in [0.15, 0.2) is 0 Å². The number of nitrogens with one attached hydrogen (secondary N) is 1. The number of thiophene rings is 1. The van der Waals surface area contributed by atoms with Gasteiger partial charge in [-0.2, -0.15) is 0 Å². The maximum Gasteiger partial charge on any atom is 0.225 e. The zero-order valence-corrected chi connectivity index (χ0v) is 19.1. The van der Waals surface area contributed by atoms with Crippen LogP contribution in [0, 0.1) is 0 Å². The molecule has 2 aromatic heterocycles. The average Bonchev–Trinajstić information content (AvgIpc) is 3.16. The standard InChI is InChI=1S/C25H30N4O2S/c1-3-4-7-18(2)9-11-23(30)28-25-21(16-26)20-13-15-29(17-22(20)32-25)24(31)12-10-19-8-5-6-14-27-19/h3-8,14H,1-2,9-13,15-17,26H2,(H,28,30)/b7-4-. The second kappa shape index (κ2) is 11.5. The first-order valence-electron chi connectivity index (χ1n) is 10.8. The van der Waals surface area contributed by atoms with Crippen molar-refractivity contribution in [2.45, 2.75) is 45.2 Å². The lowest BCUT2D eigenvalue weighted by molar-refractivity contribution is -0.132. The van der Waals surface area contributed by atoms with Gasteiger partial charge in [0, 0.05) is 48.3 Å². The van der Waals surface area contributed by atoms with Crippen LogP contribution in [0.3, 0.4) is 0 Å². The van der Waals surface area contributed by atoms with E-state index in [-0.39, 0.29) is 11.8 Å². The van der Waals surface area contributed by atoms with Gasteiger partial charge in [-0.15, -0.1) is 11.3 Å². The minimum absolute atomic E-state index is 0.0604. The van der Waals surface area contributed by atoms with Gasteiger partial charge in [-0.1, -0.05) is 43.0 Å². The van der Waals surface area contributed by atoms with E-state index in [9.17, 15) is 9.59 Å². The number of fused-ring (bicyclic) bond motifs is 1. The third kappa shape index (κ3) is 6.24. The van der Waals surface area contributed by atoms with Crippen LogP contribution in [0.2, 0.25) is 0 Å². The highest BCUT2D eigenvalue weighted by Gasteiger charge is 2.26. The molecule has 3 rings (SSSR count). The summed E-state index contributed by atoms with van der Waals surface area (Å²) in [4.78, 5) is 32.5. The number of rotatable bonds is 10. The molecule has 0 radical (unpaired) electrons. The van der Waals surface area contributed by atoms with E-state index in [2.05, 4.69) is 23.5 Å². The quantitative estimate of drug-likeness (QED) is 0.533. The molecule has 7 heteroatoms. The molecule has 32 heavy (non-hydrogen) atoms. The lowest BCUT2D eigenvalue weighted by atomic mass is 10.0. The molecule has 2 aromatic rings. The summed E-state index contributed by atoms with van der Waals surface area (Å²) in [5.41, 5.74) is 9.99. The van der Waals surface area contributed by atoms with Gasteiger partial charge in [-0.05, 0) is 37.0 Å². The monoisotopic (exact) mass is 450 g/mol. The molecule has 1 aliphatic rings. The Hall–Kier alpha value is -3.03. The van der Waals surface area contributed by atoms with Crippen LogP contribution in [0.25, 0.3) is 0 Å². The molecular formula is C25H30N4O2S. The second-order valence-electron chi connectivity index (χ2n) is 7.70. The van der Waals surface area contributed by atoms with Crippen molar-refractivity contribution < 1.29 is 9.59 Å². The highest BCUT2D eigenvalue weighted by molar-refractivity contribution is 7.16. The third-order valence-electron chi connectivity index (χ3n) is 5.44. The van der Waals surface area contributed by atoms with Crippen LogP contribution >= 0.6 is 11.3 Å². The highest BCUT2D eigenvalue weighted by atomic mass is 32.1. The van der Waals surface area contributed by atoms with Crippen LogP contribution in [0.15, 0.2) is 61.4 Å². The molecule has 6 nitrogen and oxygen atoms in total. The molecule has 3 heterocycles. The van der Waals surface area contributed by atoms with E-state index in [0.29, 0.717) is 45.3 Å². The Bertz CT molecular complexity index is 1010. The predicted molar refractivity (Wildman–Crippen MR) is 130 cm³/mol. The first kappa shape index (κ1) is 23.6. The topological polar surface area (TPSA) is 88.3 Å². The Labute approximate surface area is 193 Å². The van der Waals surface area contributed by atoms with Gasteiger partial charge in [-0.3, -0.25) is 14.6 Å². The van der Waals surface area contributed by atoms with Crippen molar-refractivity contribution in [1.82, 2.24) is 9.88 Å². The van der Waals surface area contributed by atoms with Crippen molar-refractivity contribution in [1.29, 1.82) is 0 Å². The van der Waals surface area contributed by atoms with E-state index >= 15 is 0 Å². The van der Waals surface area contributed by atoms with Gasteiger partial charge in [0.2, 0.25) is 11.8 Å². The Balaban J connectivity index is 1.59.